The van der Waals surface area contributed by atoms with Gasteiger partial charge in [0, 0.05) is 28.1 Å². The molecular weight excluding hydrogens is 380 g/mol. The molecule has 0 aliphatic heterocycles. The second-order valence-electron chi connectivity index (χ2n) is 6.32. The summed E-state index contributed by atoms with van der Waals surface area (Å²) < 4.78 is 6.68. The Morgan fingerprint density at radius 1 is 1.16 bits per heavy atom. The first-order valence-corrected chi connectivity index (χ1v) is 9.01. The van der Waals surface area contributed by atoms with Crippen LogP contribution in [0.5, 0.6) is 5.75 Å². The number of esters is 1. The molecule has 5 heteroatoms. The Labute approximate surface area is 155 Å². The Morgan fingerprint density at radius 3 is 2.64 bits per heavy atom. The summed E-state index contributed by atoms with van der Waals surface area (Å²) in [4.78, 5) is 17.8. The number of halogens is 1. The lowest BCUT2D eigenvalue weighted by atomic mass is 10.1. The molecule has 25 heavy (non-hydrogen) atoms. The van der Waals surface area contributed by atoms with E-state index in [1.165, 1.54) is 0 Å². The van der Waals surface area contributed by atoms with Crippen LogP contribution in [0.15, 0.2) is 53.1 Å². The van der Waals surface area contributed by atoms with Crippen molar-refractivity contribution in [1.29, 1.82) is 0 Å². The van der Waals surface area contributed by atoms with Gasteiger partial charge in [0.05, 0.1) is 6.42 Å². The number of carbonyl (C=O) groups is 1. The summed E-state index contributed by atoms with van der Waals surface area (Å²) in [6, 6.07) is 13.4. The Kier molecular flexibility index (Phi) is 5.56. The van der Waals surface area contributed by atoms with Gasteiger partial charge in [-0.1, -0.05) is 34.1 Å². The predicted octanol–water partition coefficient (Wildman–Crippen LogP) is 4.18. The molecule has 0 unspecified atom stereocenters. The summed E-state index contributed by atoms with van der Waals surface area (Å²) in [6.45, 7) is 0.939. The quantitative estimate of drug-likeness (QED) is 0.498. The standard InChI is InChI=1S/C20H21BrN2O2/c1-23(2)11-10-15-13-22-17-4-3-5-18(20(15)17)25-19(24)12-14-6-8-16(21)9-7-14/h3-9,13,22H,10-12H2,1-2H3. The minimum Gasteiger partial charge on any atom is -0.426 e. The molecule has 2 aromatic carbocycles. The minimum atomic E-state index is -0.255. The molecule has 0 aliphatic rings. The van der Waals surface area contributed by atoms with Crippen LogP contribution in [0.1, 0.15) is 11.1 Å². The van der Waals surface area contributed by atoms with Crippen molar-refractivity contribution in [2.45, 2.75) is 12.8 Å². The van der Waals surface area contributed by atoms with Crippen molar-refractivity contribution in [1.82, 2.24) is 9.88 Å². The van der Waals surface area contributed by atoms with Gasteiger partial charge in [-0.05, 0) is 55.9 Å². The third-order valence-electron chi connectivity index (χ3n) is 4.06. The monoisotopic (exact) mass is 400 g/mol. The van der Waals surface area contributed by atoms with Gasteiger partial charge in [0.1, 0.15) is 5.75 Å². The normalized spacial score (nSPS) is 11.2. The highest BCUT2D eigenvalue weighted by Gasteiger charge is 2.13. The summed E-state index contributed by atoms with van der Waals surface area (Å²) >= 11 is 3.40. The molecule has 0 saturated heterocycles. The van der Waals surface area contributed by atoms with E-state index in [1.807, 2.05) is 62.8 Å². The largest absolute Gasteiger partial charge is 0.426 e. The van der Waals surface area contributed by atoms with E-state index in [9.17, 15) is 4.79 Å². The first-order valence-electron chi connectivity index (χ1n) is 8.22. The number of likely N-dealkylation sites (N-methyl/N-ethyl adjacent to an activating group) is 1. The lowest BCUT2D eigenvalue weighted by Crippen LogP contribution is -2.15. The van der Waals surface area contributed by atoms with Crippen molar-refractivity contribution in [2.24, 2.45) is 0 Å². The van der Waals surface area contributed by atoms with Crippen LogP contribution in [0.25, 0.3) is 10.9 Å². The number of fused-ring (bicyclic) bond motifs is 1. The van der Waals surface area contributed by atoms with E-state index in [0.29, 0.717) is 5.75 Å². The smallest absolute Gasteiger partial charge is 0.315 e. The topological polar surface area (TPSA) is 45.3 Å². The van der Waals surface area contributed by atoms with E-state index >= 15 is 0 Å². The lowest BCUT2D eigenvalue weighted by Gasteiger charge is -2.10. The van der Waals surface area contributed by atoms with E-state index < -0.39 is 0 Å². The lowest BCUT2D eigenvalue weighted by molar-refractivity contribution is -0.133. The van der Waals surface area contributed by atoms with Gasteiger partial charge in [0.15, 0.2) is 0 Å². The van der Waals surface area contributed by atoms with Crippen LogP contribution >= 0.6 is 15.9 Å². The Hall–Kier alpha value is -2.11. The number of hydrogen-bond donors (Lipinski definition) is 1. The number of aromatic amines is 1. The van der Waals surface area contributed by atoms with Crippen LogP contribution in [0.2, 0.25) is 0 Å². The highest BCUT2D eigenvalue weighted by molar-refractivity contribution is 9.10. The van der Waals surface area contributed by atoms with Gasteiger partial charge in [-0.2, -0.15) is 0 Å². The van der Waals surface area contributed by atoms with Crippen molar-refractivity contribution in [3.63, 3.8) is 0 Å². The first kappa shape index (κ1) is 17.7. The number of carbonyl (C=O) groups excluding carboxylic acids is 1. The SMILES string of the molecule is CN(C)CCc1c[nH]c2cccc(OC(=O)Cc3ccc(Br)cc3)c12. The Balaban J connectivity index is 1.79. The number of aromatic nitrogens is 1. The van der Waals surface area contributed by atoms with E-state index in [1.54, 1.807) is 0 Å². The molecule has 130 valence electrons. The molecule has 0 fully saturated rings. The number of nitrogens with zero attached hydrogens (tertiary/aromatic N) is 1. The third-order valence-corrected chi connectivity index (χ3v) is 4.59. The van der Waals surface area contributed by atoms with Crippen LogP contribution in [-0.2, 0) is 17.6 Å². The summed E-state index contributed by atoms with van der Waals surface area (Å²) in [7, 11) is 4.10. The molecule has 0 radical (unpaired) electrons. The van der Waals surface area contributed by atoms with Crippen molar-refractivity contribution in [3.05, 3.63) is 64.3 Å². The highest BCUT2D eigenvalue weighted by atomic mass is 79.9. The molecule has 3 rings (SSSR count). The van der Waals surface area contributed by atoms with Gasteiger partial charge in [-0.25, -0.2) is 0 Å². The summed E-state index contributed by atoms with van der Waals surface area (Å²) in [5, 5.41) is 0.994. The number of ether oxygens (including phenoxy) is 1. The van der Waals surface area contributed by atoms with Crippen molar-refractivity contribution in [2.75, 3.05) is 20.6 Å². The van der Waals surface area contributed by atoms with Gasteiger partial charge in [0.2, 0.25) is 0 Å². The van der Waals surface area contributed by atoms with Gasteiger partial charge in [-0.3, -0.25) is 4.79 Å². The number of rotatable bonds is 6. The summed E-state index contributed by atoms with van der Waals surface area (Å²) in [5.41, 5.74) is 3.08. The van der Waals surface area contributed by atoms with Gasteiger partial charge in [0.25, 0.3) is 0 Å². The molecule has 1 heterocycles. The fourth-order valence-corrected chi connectivity index (χ4v) is 3.04. The molecule has 0 aliphatic carbocycles. The molecule has 1 N–H and O–H groups in total. The molecule has 0 atom stereocenters. The van der Waals surface area contributed by atoms with Crippen molar-refractivity contribution >= 4 is 32.8 Å². The van der Waals surface area contributed by atoms with Gasteiger partial charge >= 0.3 is 5.97 Å². The van der Waals surface area contributed by atoms with Gasteiger partial charge < -0.3 is 14.6 Å². The van der Waals surface area contributed by atoms with Crippen LogP contribution in [0, 0.1) is 0 Å². The molecule has 0 bridgehead atoms. The average Bonchev–Trinajstić information content (AvgIpc) is 2.99. The molecule has 0 spiro atoms. The molecule has 4 nitrogen and oxygen atoms in total. The number of nitrogens with one attached hydrogen (secondary N) is 1. The second-order valence-corrected chi connectivity index (χ2v) is 7.24. The maximum Gasteiger partial charge on any atom is 0.315 e. The van der Waals surface area contributed by atoms with Crippen molar-refractivity contribution < 1.29 is 9.53 Å². The molecule has 3 aromatic rings. The van der Waals surface area contributed by atoms with Crippen LogP contribution in [0.3, 0.4) is 0 Å². The maximum absolute atomic E-state index is 12.4. The second kappa shape index (κ2) is 7.85. The zero-order valence-corrected chi connectivity index (χ0v) is 16.0. The number of benzene rings is 2. The zero-order chi connectivity index (χ0) is 17.8. The third kappa shape index (κ3) is 4.50. The summed E-state index contributed by atoms with van der Waals surface area (Å²) in [5.74, 6) is 0.365. The predicted molar refractivity (Wildman–Crippen MR) is 104 cm³/mol. The molecular formula is C20H21BrN2O2. The van der Waals surface area contributed by atoms with E-state index in [4.69, 9.17) is 4.74 Å². The highest BCUT2D eigenvalue weighted by Crippen LogP contribution is 2.29. The van der Waals surface area contributed by atoms with Crippen LogP contribution in [0.4, 0.5) is 0 Å². The van der Waals surface area contributed by atoms with E-state index in [-0.39, 0.29) is 12.4 Å². The fraction of sp³-hybridized carbons (Fsp3) is 0.250. The first-order chi connectivity index (χ1) is 12.0. The Morgan fingerprint density at radius 2 is 1.92 bits per heavy atom. The van der Waals surface area contributed by atoms with E-state index in [2.05, 4.69) is 25.8 Å². The fourth-order valence-electron chi connectivity index (χ4n) is 2.77. The average molecular weight is 401 g/mol. The maximum atomic E-state index is 12.4. The van der Waals surface area contributed by atoms with E-state index in [0.717, 1.165) is 39.5 Å². The van der Waals surface area contributed by atoms with Gasteiger partial charge in [-0.15, -0.1) is 0 Å². The molecule has 0 amide bonds. The van der Waals surface area contributed by atoms with Crippen LogP contribution < -0.4 is 4.74 Å². The minimum absolute atomic E-state index is 0.251. The molecule has 0 saturated carbocycles. The summed E-state index contributed by atoms with van der Waals surface area (Å²) in [6.07, 6.45) is 3.15. The van der Waals surface area contributed by atoms with Crippen LogP contribution in [-0.4, -0.2) is 36.5 Å². The number of H-pyrrole nitrogens is 1. The number of hydrogen-bond acceptors (Lipinski definition) is 3. The Bertz CT molecular complexity index is 869. The molecule has 1 aromatic heterocycles. The van der Waals surface area contributed by atoms with Crippen molar-refractivity contribution in [3.8, 4) is 5.75 Å². The zero-order valence-electron chi connectivity index (χ0n) is 14.4.